The number of ether oxygens (including phenoxy) is 2. The topological polar surface area (TPSA) is 92.7 Å². The lowest BCUT2D eigenvalue weighted by Gasteiger charge is -2.41. The van der Waals surface area contributed by atoms with E-state index in [0.717, 1.165) is 0 Å². The zero-order valence-corrected chi connectivity index (χ0v) is 16.3. The minimum Gasteiger partial charge on any atom is -0.550 e. The Kier molecular flexibility index (Phi) is 9.14. The van der Waals surface area contributed by atoms with Crippen molar-refractivity contribution in [2.75, 3.05) is 13.7 Å². The van der Waals surface area contributed by atoms with Gasteiger partial charge in [-0.2, -0.15) is 0 Å². The number of aliphatic carboxylic acids is 1. The summed E-state index contributed by atoms with van der Waals surface area (Å²) >= 11 is 0. The normalized spacial score (nSPS) is 16.1. The number of methoxy groups -OCH3 is 1. The van der Waals surface area contributed by atoms with Crippen LogP contribution in [0.4, 0.5) is 0 Å². The van der Waals surface area contributed by atoms with Crippen LogP contribution in [0.2, 0.25) is 0 Å². The first-order valence-electron chi connectivity index (χ1n) is 7.85. The van der Waals surface area contributed by atoms with Crippen LogP contribution in [0.25, 0.3) is 0 Å². The molecule has 24 heavy (non-hydrogen) atoms. The Morgan fingerprint density at radius 3 is 1.75 bits per heavy atom. The number of hydrogen-bond donors (Lipinski definition) is 0. The summed E-state index contributed by atoms with van der Waals surface area (Å²) in [6, 6.07) is 0. The maximum atomic E-state index is 12.3. The molecular weight excluding hydrogens is 312 g/mol. The van der Waals surface area contributed by atoms with E-state index in [9.17, 15) is 19.5 Å². The minimum atomic E-state index is -1.22. The average Bonchev–Trinajstić information content (AvgIpc) is 2.45. The van der Waals surface area contributed by atoms with E-state index in [4.69, 9.17) is 9.47 Å². The predicted octanol–water partition coefficient (Wildman–Crippen LogP) is 2.15. The number of carbonyl (C=O) groups is 3. The molecule has 0 saturated heterocycles. The van der Waals surface area contributed by atoms with Gasteiger partial charge in [0, 0.05) is 18.8 Å². The summed E-state index contributed by atoms with van der Waals surface area (Å²) in [5.74, 6) is -2.19. The summed E-state index contributed by atoms with van der Waals surface area (Å²) in [7, 11) is 1.25. The third kappa shape index (κ3) is 5.73. The van der Waals surface area contributed by atoms with Crippen LogP contribution in [0.3, 0.4) is 0 Å². The van der Waals surface area contributed by atoms with Crippen LogP contribution in [0.1, 0.15) is 60.8 Å². The Morgan fingerprint density at radius 1 is 0.917 bits per heavy atom. The average molecular weight is 344 g/mol. The number of rotatable bonds is 9. The molecule has 0 N–H and O–H groups in total. The molecule has 0 aliphatic heterocycles. The van der Waals surface area contributed by atoms with E-state index in [0.29, 0.717) is 6.42 Å². The Bertz CT molecular complexity index is 456. The van der Waals surface area contributed by atoms with Crippen LogP contribution in [0.15, 0.2) is 0 Å². The first-order valence-corrected chi connectivity index (χ1v) is 7.85. The van der Waals surface area contributed by atoms with Crippen molar-refractivity contribution >= 4 is 17.9 Å². The van der Waals surface area contributed by atoms with Crippen molar-refractivity contribution in [3.8, 4) is 0 Å². The summed E-state index contributed by atoms with van der Waals surface area (Å²) in [5.41, 5.74) is -3.27. The second-order valence-electron chi connectivity index (χ2n) is 7.21. The summed E-state index contributed by atoms with van der Waals surface area (Å²) in [5, 5.41) is 11.5. The highest BCUT2D eigenvalue weighted by atomic mass is 16.5. The minimum absolute atomic E-state index is 0. The first-order chi connectivity index (χ1) is 10.4. The van der Waals surface area contributed by atoms with Gasteiger partial charge >= 0.3 is 11.9 Å². The number of carboxylic acid groups (broad SMARTS) is 1. The van der Waals surface area contributed by atoms with Gasteiger partial charge in [0.15, 0.2) is 0 Å². The van der Waals surface area contributed by atoms with E-state index >= 15 is 0 Å². The SMILES string of the molecule is CCOC(=O)C(C)(C)CC(C)(CC(C)(CC)C(=O)[O-])C(=O)OC.[CH3+]. The van der Waals surface area contributed by atoms with Gasteiger partial charge in [-0.25, -0.2) is 0 Å². The van der Waals surface area contributed by atoms with Gasteiger partial charge in [-0.15, -0.1) is 0 Å². The van der Waals surface area contributed by atoms with Crippen molar-refractivity contribution in [2.24, 2.45) is 16.2 Å². The molecule has 6 heteroatoms. The zero-order valence-electron chi connectivity index (χ0n) is 16.3. The van der Waals surface area contributed by atoms with Gasteiger partial charge in [-0.05, 0) is 47.0 Å². The third-order valence-electron chi connectivity index (χ3n) is 4.39. The van der Waals surface area contributed by atoms with Gasteiger partial charge in [0.2, 0.25) is 0 Å². The fourth-order valence-electron chi connectivity index (χ4n) is 3.03. The maximum Gasteiger partial charge on any atom is 0.311 e. The van der Waals surface area contributed by atoms with Crippen molar-refractivity contribution in [1.29, 1.82) is 0 Å². The Morgan fingerprint density at radius 2 is 1.42 bits per heavy atom. The predicted molar refractivity (Wildman–Crippen MR) is 89.6 cm³/mol. The molecule has 2 unspecified atom stereocenters. The highest BCUT2D eigenvalue weighted by molar-refractivity contribution is 5.81. The van der Waals surface area contributed by atoms with E-state index < -0.39 is 34.2 Å². The number of carbonyl (C=O) groups excluding carboxylic acids is 3. The van der Waals surface area contributed by atoms with Crippen molar-refractivity contribution in [1.82, 2.24) is 0 Å². The summed E-state index contributed by atoms with van der Waals surface area (Å²) < 4.78 is 9.92. The standard InChI is InChI=1S/C17H30O6.CH3/c1-8-16(5,12(18)19)11-17(6,14(21)22-7)10-15(3,4)13(20)23-9-2;/h8-11H2,1-7H3,(H,18,19);1H3/q;+1/p-1. The zero-order chi connectivity index (χ0) is 18.5. The lowest BCUT2D eigenvalue weighted by molar-refractivity contribution is -0.320. The quantitative estimate of drug-likeness (QED) is 0.470. The van der Waals surface area contributed by atoms with Crippen molar-refractivity contribution < 1.29 is 29.0 Å². The lowest BCUT2D eigenvalue weighted by Crippen LogP contribution is -2.47. The molecule has 0 spiro atoms. The molecule has 0 saturated carbocycles. The Hall–Kier alpha value is -1.72. The number of carboxylic acids is 1. The highest BCUT2D eigenvalue weighted by Crippen LogP contribution is 2.44. The molecular formula is C18H32O6. The van der Waals surface area contributed by atoms with Crippen LogP contribution in [0.5, 0.6) is 0 Å². The molecule has 0 aromatic carbocycles. The molecule has 140 valence electrons. The maximum absolute atomic E-state index is 12.3. The number of esters is 2. The molecule has 2 atom stereocenters. The van der Waals surface area contributed by atoms with Gasteiger partial charge in [-0.3, -0.25) is 9.59 Å². The molecule has 6 nitrogen and oxygen atoms in total. The molecule has 0 aliphatic carbocycles. The second kappa shape index (κ2) is 8.94. The monoisotopic (exact) mass is 344 g/mol. The third-order valence-corrected chi connectivity index (χ3v) is 4.39. The molecule has 0 aliphatic rings. The summed E-state index contributed by atoms with van der Waals surface area (Å²) in [4.78, 5) is 35.9. The largest absolute Gasteiger partial charge is 0.550 e. The van der Waals surface area contributed by atoms with Crippen molar-refractivity contribution in [3.63, 3.8) is 0 Å². The summed E-state index contributed by atoms with van der Waals surface area (Å²) in [6.45, 7) is 10.2. The lowest BCUT2D eigenvalue weighted by atomic mass is 9.65. The van der Waals surface area contributed by atoms with Crippen LogP contribution in [-0.4, -0.2) is 31.6 Å². The highest BCUT2D eigenvalue weighted by Gasteiger charge is 2.47. The van der Waals surface area contributed by atoms with Crippen LogP contribution >= 0.6 is 0 Å². The molecule has 0 fully saturated rings. The van der Waals surface area contributed by atoms with Gasteiger partial charge in [-0.1, -0.05) is 13.8 Å². The van der Waals surface area contributed by atoms with Crippen LogP contribution < -0.4 is 5.11 Å². The molecule has 0 bridgehead atoms. The van der Waals surface area contributed by atoms with Gasteiger partial charge in [0.05, 0.1) is 24.5 Å². The molecule has 0 heterocycles. The first kappa shape index (κ1) is 24.5. The molecule has 0 aromatic rings. The molecule has 0 aromatic heterocycles. The Labute approximate surface area is 145 Å². The smallest absolute Gasteiger partial charge is 0.311 e. The fourth-order valence-corrected chi connectivity index (χ4v) is 3.03. The second-order valence-corrected chi connectivity index (χ2v) is 7.21. The van der Waals surface area contributed by atoms with E-state index in [-0.39, 0.29) is 26.9 Å². The van der Waals surface area contributed by atoms with E-state index in [1.54, 1.807) is 41.5 Å². The van der Waals surface area contributed by atoms with Crippen LogP contribution in [0, 0.1) is 23.7 Å². The van der Waals surface area contributed by atoms with E-state index in [2.05, 4.69) is 0 Å². The van der Waals surface area contributed by atoms with Gasteiger partial charge in [0.1, 0.15) is 0 Å². The molecule has 0 rings (SSSR count). The molecule has 0 radical (unpaired) electrons. The van der Waals surface area contributed by atoms with E-state index in [1.807, 2.05) is 0 Å². The summed E-state index contributed by atoms with van der Waals surface area (Å²) in [6.07, 6.45) is 0.449. The Balaban J connectivity index is 0. The van der Waals surface area contributed by atoms with E-state index in [1.165, 1.54) is 7.11 Å². The van der Waals surface area contributed by atoms with Gasteiger partial charge < -0.3 is 19.4 Å². The van der Waals surface area contributed by atoms with Gasteiger partial charge in [0.25, 0.3) is 0 Å². The van der Waals surface area contributed by atoms with Crippen molar-refractivity contribution in [3.05, 3.63) is 7.43 Å². The molecule has 0 amide bonds. The number of hydrogen-bond acceptors (Lipinski definition) is 6. The fraction of sp³-hybridized carbons (Fsp3) is 0.778. The van der Waals surface area contributed by atoms with Crippen molar-refractivity contribution in [2.45, 2.75) is 60.8 Å². The van der Waals surface area contributed by atoms with Crippen LogP contribution in [-0.2, 0) is 23.9 Å².